The smallest absolute Gasteiger partial charge is 0.253 e. The van der Waals surface area contributed by atoms with Gasteiger partial charge < -0.3 is 15.0 Å². The van der Waals surface area contributed by atoms with E-state index in [2.05, 4.69) is 10.2 Å². The summed E-state index contributed by atoms with van der Waals surface area (Å²) in [5.74, 6) is 0.366. The zero-order valence-corrected chi connectivity index (χ0v) is 20.5. The number of carbonyl (C=O) groups excluding carboxylic acids is 1. The van der Waals surface area contributed by atoms with Gasteiger partial charge in [-0.3, -0.25) is 4.79 Å². The molecule has 0 aromatic heterocycles. The number of methoxy groups -OCH3 is 1. The van der Waals surface area contributed by atoms with Gasteiger partial charge in [-0.15, -0.1) is 0 Å². The molecule has 1 saturated heterocycles. The lowest BCUT2D eigenvalue weighted by atomic mass is 10.0. The molecule has 1 heterocycles. The van der Waals surface area contributed by atoms with Gasteiger partial charge in [-0.2, -0.15) is 4.31 Å². The number of ether oxygens (including phenoxy) is 1. The molecule has 1 aliphatic rings. The highest BCUT2D eigenvalue weighted by Gasteiger charge is 2.29. The Morgan fingerprint density at radius 2 is 1.84 bits per heavy atom. The first-order valence-corrected chi connectivity index (χ1v) is 12.4. The number of hydrogen-bond donors (Lipinski definition) is 1. The lowest BCUT2D eigenvalue weighted by Crippen LogP contribution is -2.47. The van der Waals surface area contributed by atoms with Gasteiger partial charge in [0.2, 0.25) is 10.0 Å². The Morgan fingerprint density at radius 3 is 2.44 bits per heavy atom. The second-order valence-electron chi connectivity index (χ2n) is 8.01. The lowest BCUT2D eigenvalue weighted by Gasteiger charge is -2.31. The van der Waals surface area contributed by atoms with Crippen LogP contribution in [0.15, 0.2) is 41.3 Å². The number of hydrogen-bond acceptors (Lipinski definition) is 5. The van der Waals surface area contributed by atoms with Crippen LogP contribution in [0.5, 0.6) is 5.75 Å². The third-order valence-corrected chi connectivity index (χ3v) is 8.04. The van der Waals surface area contributed by atoms with Gasteiger partial charge in [0, 0.05) is 26.2 Å². The van der Waals surface area contributed by atoms with E-state index in [1.807, 2.05) is 39.1 Å². The summed E-state index contributed by atoms with van der Waals surface area (Å²) in [5.41, 5.74) is 2.05. The van der Waals surface area contributed by atoms with Crippen molar-refractivity contribution in [2.24, 2.45) is 0 Å². The number of nitrogens with one attached hydrogen (secondary N) is 1. The van der Waals surface area contributed by atoms with Crippen LogP contribution >= 0.6 is 11.6 Å². The number of nitrogens with zero attached hydrogens (tertiary/aromatic N) is 2. The van der Waals surface area contributed by atoms with Crippen LogP contribution in [-0.4, -0.2) is 63.9 Å². The standard InChI is InChI=1S/C23H30ClN3O4S/c1-5-21(17-6-9-22(31-4)16(2)14-17)25-23(28)19-15-18(7-8-20(19)24)32(29,30)27-12-10-26(3)11-13-27/h6-9,14-15,21H,5,10-13H2,1-4H3,(H,25,28)/t21-/m1/s1. The summed E-state index contributed by atoms with van der Waals surface area (Å²) in [4.78, 5) is 15.2. The Bertz CT molecular complexity index is 1080. The highest BCUT2D eigenvalue weighted by atomic mass is 35.5. The largest absolute Gasteiger partial charge is 0.496 e. The van der Waals surface area contributed by atoms with Gasteiger partial charge in [0.15, 0.2) is 0 Å². The van der Waals surface area contributed by atoms with Crippen LogP contribution in [0.2, 0.25) is 5.02 Å². The van der Waals surface area contributed by atoms with Crippen LogP contribution in [-0.2, 0) is 10.0 Å². The summed E-state index contributed by atoms with van der Waals surface area (Å²) in [6.45, 7) is 6.08. The van der Waals surface area contributed by atoms with Crippen molar-refractivity contribution in [3.05, 3.63) is 58.1 Å². The molecule has 2 aromatic carbocycles. The molecule has 1 atom stereocenters. The molecule has 0 saturated carbocycles. The molecule has 0 spiro atoms. The van der Waals surface area contributed by atoms with Gasteiger partial charge in [0.05, 0.1) is 28.6 Å². The zero-order chi connectivity index (χ0) is 23.5. The molecule has 0 aliphatic carbocycles. The number of aryl methyl sites for hydroxylation is 1. The molecule has 9 heteroatoms. The molecule has 1 aliphatic heterocycles. The maximum absolute atomic E-state index is 13.1. The summed E-state index contributed by atoms with van der Waals surface area (Å²) < 4.78 is 33.0. The number of likely N-dealkylation sites (N-methyl/N-ethyl adjacent to an activating group) is 1. The fraction of sp³-hybridized carbons (Fsp3) is 0.435. The number of rotatable bonds is 7. The van der Waals surface area contributed by atoms with E-state index in [1.165, 1.54) is 22.5 Å². The van der Waals surface area contributed by atoms with Crippen molar-refractivity contribution in [3.63, 3.8) is 0 Å². The number of halogens is 1. The molecular weight excluding hydrogens is 450 g/mol. The molecule has 3 rings (SSSR count). The minimum Gasteiger partial charge on any atom is -0.496 e. The predicted octanol–water partition coefficient (Wildman–Crippen LogP) is 3.47. The van der Waals surface area contributed by atoms with E-state index >= 15 is 0 Å². The second kappa shape index (κ2) is 10.2. The maximum atomic E-state index is 13.1. The first-order valence-electron chi connectivity index (χ1n) is 10.6. The van der Waals surface area contributed by atoms with Crippen molar-refractivity contribution in [2.45, 2.75) is 31.2 Å². The van der Waals surface area contributed by atoms with Gasteiger partial charge in [-0.25, -0.2) is 8.42 Å². The average Bonchev–Trinajstić information content (AvgIpc) is 2.77. The topological polar surface area (TPSA) is 79.0 Å². The quantitative estimate of drug-likeness (QED) is 0.657. The number of sulfonamides is 1. The van der Waals surface area contributed by atoms with Crippen LogP contribution in [0.1, 0.15) is 40.9 Å². The minimum absolute atomic E-state index is 0.0740. The second-order valence-corrected chi connectivity index (χ2v) is 10.4. The van der Waals surface area contributed by atoms with Gasteiger partial charge in [0.25, 0.3) is 5.91 Å². The third-order valence-electron chi connectivity index (χ3n) is 5.82. The number of carbonyl (C=O) groups is 1. The molecular formula is C23H30ClN3O4S. The Balaban J connectivity index is 1.84. The third kappa shape index (κ3) is 5.26. The first kappa shape index (κ1) is 24.5. The van der Waals surface area contributed by atoms with Crippen LogP contribution in [0, 0.1) is 6.92 Å². The van der Waals surface area contributed by atoms with Gasteiger partial charge in [-0.05, 0) is 55.8 Å². The molecule has 32 heavy (non-hydrogen) atoms. The molecule has 0 radical (unpaired) electrons. The van der Waals surface area contributed by atoms with Gasteiger partial charge in [-0.1, -0.05) is 30.7 Å². The molecule has 0 unspecified atom stereocenters. The van der Waals surface area contributed by atoms with Crippen molar-refractivity contribution in [3.8, 4) is 5.75 Å². The lowest BCUT2D eigenvalue weighted by molar-refractivity contribution is 0.0935. The summed E-state index contributed by atoms with van der Waals surface area (Å²) in [5, 5.41) is 3.20. The van der Waals surface area contributed by atoms with Gasteiger partial charge >= 0.3 is 0 Å². The van der Waals surface area contributed by atoms with E-state index in [4.69, 9.17) is 16.3 Å². The fourth-order valence-electron chi connectivity index (χ4n) is 3.79. The molecule has 174 valence electrons. The Labute approximate surface area is 195 Å². The van der Waals surface area contributed by atoms with E-state index in [9.17, 15) is 13.2 Å². The van der Waals surface area contributed by atoms with Crippen molar-refractivity contribution < 1.29 is 17.9 Å². The Kier molecular flexibility index (Phi) is 7.82. The molecule has 1 fully saturated rings. The van der Waals surface area contributed by atoms with Crippen LogP contribution in [0.4, 0.5) is 0 Å². The average molecular weight is 480 g/mol. The maximum Gasteiger partial charge on any atom is 0.253 e. The normalized spacial score (nSPS) is 16.5. The SMILES string of the molecule is CC[C@@H](NC(=O)c1cc(S(=O)(=O)N2CCN(C)CC2)ccc1Cl)c1ccc(OC)c(C)c1. The summed E-state index contributed by atoms with van der Waals surface area (Å²) in [6.07, 6.45) is 0.661. The molecule has 7 nitrogen and oxygen atoms in total. The molecule has 0 bridgehead atoms. The minimum atomic E-state index is -3.70. The Morgan fingerprint density at radius 1 is 1.16 bits per heavy atom. The summed E-state index contributed by atoms with van der Waals surface area (Å²) in [6, 6.07) is 9.81. The van der Waals surface area contributed by atoms with Crippen LogP contribution in [0.25, 0.3) is 0 Å². The van der Waals surface area contributed by atoms with Crippen molar-refractivity contribution in [1.82, 2.24) is 14.5 Å². The first-order chi connectivity index (χ1) is 15.2. The van der Waals surface area contributed by atoms with Crippen LogP contribution < -0.4 is 10.1 Å². The number of amides is 1. The van der Waals surface area contributed by atoms with E-state index in [1.54, 1.807) is 7.11 Å². The van der Waals surface area contributed by atoms with Crippen molar-refractivity contribution in [1.29, 1.82) is 0 Å². The number of benzene rings is 2. The van der Waals surface area contributed by atoms with E-state index < -0.39 is 15.9 Å². The fourth-order valence-corrected chi connectivity index (χ4v) is 5.44. The summed E-state index contributed by atoms with van der Waals surface area (Å²) in [7, 11) is -0.125. The number of piperazine rings is 1. The molecule has 1 N–H and O–H groups in total. The van der Waals surface area contributed by atoms with Crippen molar-refractivity contribution in [2.75, 3.05) is 40.3 Å². The van der Waals surface area contributed by atoms with E-state index in [-0.39, 0.29) is 21.5 Å². The zero-order valence-electron chi connectivity index (χ0n) is 18.9. The van der Waals surface area contributed by atoms with Crippen LogP contribution in [0.3, 0.4) is 0 Å². The summed E-state index contributed by atoms with van der Waals surface area (Å²) >= 11 is 6.29. The van der Waals surface area contributed by atoms with E-state index in [0.29, 0.717) is 32.6 Å². The van der Waals surface area contributed by atoms with Gasteiger partial charge in [0.1, 0.15) is 5.75 Å². The molecule has 1 amide bonds. The molecule has 2 aromatic rings. The highest BCUT2D eigenvalue weighted by molar-refractivity contribution is 7.89. The van der Waals surface area contributed by atoms with E-state index in [0.717, 1.165) is 16.9 Å². The highest BCUT2D eigenvalue weighted by Crippen LogP contribution is 2.27. The Hall–Kier alpha value is -2.13. The monoisotopic (exact) mass is 479 g/mol. The predicted molar refractivity (Wildman–Crippen MR) is 126 cm³/mol. The van der Waals surface area contributed by atoms with Crippen molar-refractivity contribution >= 4 is 27.5 Å².